The molecule has 14 nitrogen and oxygen atoms in total. The molecule has 21 heteroatoms. The number of H-pyrrole nitrogens is 1. The fourth-order valence-electron chi connectivity index (χ4n) is 10.2. The molecule has 1 amide bonds. The number of fused-ring (bicyclic) bond motifs is 1. The number of pyridine rings is 1. The van der Waals surface area contributed by atoms with E-state index in [2.05, 4.69) is 55.4 Å². The van der Waals surface area contributed by atoms with Gasteiger partial charge in [-0.05, 0) is 135 Å². The summed E-state index contributed by atoms with van der Waals surface area (Å²) in [6, 6.07) is 18.5. The number of sulfonamides is 1. The van der Waals surface area contributed by atoms with E-state index in [0.717, 1.165) is 63.9 Å². The normalized spacial score (nSPS) is 20.9. The third-order valence-corrected chi connectivity index (χ3v) is 20.0. The second-order valence-corrected chi connectivity index (χ2v) is 26.8. The summed E-state index contributed by atoms with van der Waals surface area (Å²) in [6.45, 7) is 8.30. The lowest BCUT2D eigenvalue weighted by Gasteiger charge is -2.39. The molecule has 2 saturated heterocycles. The standard InChI is InChI=1S/C51H59ClF3N7O7S3/c1-50(2)19-17-37(44(30-50)35-7-9-38(52)10-8-35)33-61-21-23-62(24-22-61)40-13-15-43(46(28-40)69-41-27-36-18-20-56-48(36)58-32-41)49(63)60-72(67,68)42-14-16-45(47(29-42)71(65,66)51(53,54)55)57-31-34-5-11-39(12-6-34)59-70(64)25-3-4-26-70/h7-10,13-16,18,20,27-29,32,34,39,57H,3-6,11-12,17,19,21-26,30-31,33H2,1-2H3,(H,56,58)(H,60,63). The Kier molecular flexibility index (Phi) is 14.8. The van der Waals surface area contributed by atoms with Crippen molar-refractivity contribution >= 4 is 75.1 Å². The van der Waals surface area contributed by atoms with Crippen LogP contribution in [0.2, 0.25) is 5.02 Å². The largest absolute Gasteiger partial charge is 0.501 e. The van der Waals surface area contributed by atoms with Crippen molar-refractivity contribution in [3.8, 4) is 11.5 Å². The van der Waals surface area contributed by atoms with Gasteiger partial charge in [-0.15, -0.1) is 0 Å². The number of hydrogen-bond acceptors (Lipinski definition) is 12. The Labute approximate surface area is 424 Å². The number of ether oxygens (including phenoxy) is 1. The number of rotatable bonds is 14. The summed E-state index contributed by atoms with van der Waals surface area (Å²) in [5, 5.41) is 4.23. The molecule has 3 fully saturated rings. The molecular formula is C51H59ClF3N7O7S3. The maximum Gasteiger partial charge on any atom is 0.501 e. The summed E-state index contributed by atoms with van der Waals surface area (Å²) in [5.41, 5.74) is -0.972. The van der Waals surface area contributed by atoms with Crippen LogP contribution >= 0.6 is 11.6 Å². The van der Waals surface area contributed by atoms with E-state index in [4.69, 9.17) is 16.3 Å². The van der Waals surface area contributed by atoms with Crippen molar-refractivity contribution in [2.24, 2.45) is 15.7 Å². The summed E-state index contributed by atoms with van der Waals surface area (Å²) in [5.74, 6) is 0.199. The summed E-state index contributed by atoms with van der Waals surface area (Å²) >= 11 is 6.24. The molecule has 1 saturated carbocycles. The van der Waals surface area contributed by atoms with Gasteiger partial charge in [0.05, 0.1) is 28.4 Å². The van der Waals surface area contributed by atoms with Crippen LogP contribution in [0.4, 0.5) is 24.5 Å². The predicted molar refractivity (Wildman–Crippen MR) is 275 cm³/mol. The van der Waals surface area contributed by atoms with Crippen molar-refractivity contribution in [1.82, 2.24) is 19.6 Å². The maximum absolute atomic E-state index is 14.2. The fourth-order valence-corrected chi connectivity index (χ4v) is 14.9. The van der Waals surface area contributed by atoms with E-state index < -0.39 is 56.5 Å². The molecule has 4 aliphatic rings. The molecule has 0 atom stereocenters. The highest BCUT2D eigenvalue weighted by Crippen LogP contribution is 2.44. The lowest BCUT2D eigenvalue weighted by molar-refractivity contribution is -0.0435. The number of piperazine rings is 1. The number of sulfone groups is 1. The molecule has 2 aliphatic carbocycles. The molecule has 0 bridgehead atoms. The molecule has 2 aromatic heterocycles. The number of carbonyl (C=O) groups excluding carboxylic acids is 1. The molecule has 72 heavy (non-hydrogen) atoms. The van der Waals surface area contributed by atoms with E-state index in [1.807, 2.05) is 16.9 Å². The molecule has 386 valence electrons. The van der Waals surface area contributed by atoms with Gasteiger partial charge < -0.3 is 19.9 Å². The Morgan fingerprint density at radius 2 is 1.67 bits per heavy atom. The van der Waals surface area contributed by atoms with Crippen LogP contribution in [0, 0.1) is 11.3 Å². The number of anilines is 2. The Bertz CT molecular complexity index is 3220. The lowest BCUT2D eigenvalue weighted by Crippen LogP contribution is -2.47. The van der Waals surface area contributed by atoms with Gasteiger partial charge in [0, 0.05) is 88.9 Å². The van der Waals surface area contributed by atoms with Crippen LogP contribution in [0.5, 0.6) is 11.5 Å². The average Bonchev–Trinajstić information content (AvgIpc) is 4.00. The van der Waals surface area contributed by atoms with Crippen molar-refractivity contribution < 1.29 is 43.7 Å². The fraction of sp³-hybridized carbons (Fsp3) is 0.451. The number of aromatic nitrogens is 2. The Morgan fingerprint density at radius 3 is 2.38 bits per heavy atom. The zero-order valence-corrected chi connectivity index (χ0v) is 43.3. The van der Waals surface area contributed by atoms with Crippen molar-refractivity contribution in [3.63, 3.8) is 0 Å². The van der Waals surface area contributed by atoms with E-state index in [9.17, 15) is 39.0 Å². The van der Waals surface area contributed by atoms with Crippen LogP contribution in [-0.2, 0) is 29.6 Å². The summed E-state index contributed by atoms with van der Waals surface area (Å²) in [7, 11) is -13.3. The number of carbonyl (C=O) groups is 1. The van der Waals surface area contributed by atoms with Gasteiger partial charge in [0.25, 0.3) is 25.8 Å². The van der Waals surface area contributed by atoms with Gasteiger partial charge in [0.2, 0.25) is 0 Å². The van der Waals surface area contributed by atoms with E-state index in [0.29, 0.717) is 78.1 Å². The first kappa shape index (κ1) is 51.7. The van der Waals surface area contributed by atoms with Gasteiger partial charge in [-0.1, -0.05) is 43.2 Å². The number of allylic oxidation sites excluding steroid dienone is 1. The SMILES string of the molecule is CC1(C)CCC(CN2CCN(c3ccc(C(=O)NS(=O)(=O)c4ccc(NCC5CCC(N=S6(=O)CCCC6)CC5)c(S(=O)(=O)C(F)(F)F)c4)c(Oc4cnc5[nH]ccc5c4)c3)CC2)=C(c2ccc(Cl)cc2)C1. The Balaban J connectivity index is 0.927. The van der Waals surface area contributed by atoms with E-state index in [1.165, 1.54) is 29.0 Å². The first-order chi connectivity index (χ1) is 34.1. The zero-order chi connectivity index (χ0) is 51.1. The molecule has 0 radical (unpaired) electrons. The zero-order valence-electron chi connectivity index (χ0n) is 40.1. The summed E-state index contributed by atoms with van der Waals surface area (Å²) in [4.78, 5) is 23.9. The number of alkyl halides is 3. The lowest BCUT2D eigenvalue weighted by atomic mass is 9.72. The van der Waals surface area contributed by atoms with E-state index >= 15 is 0 Å². The summed E-state index contributed by atoms with van der Waals surface area (Å²) < 4.78 is 122. The molecule has 3 aromatic carbocycles. The van der Waals surface area contributed by atoms with Crippen molar-refractivity contribution in [1.29, 1.82) is 0 Å². The van der Waals surface area contributed by atoms with Gasteiger partial charge in [-0.25, -0.2) is 35.1 Å². The topological polar surface area (TPSA) is 183 Å². The van der Waals surface area contributed by atoms with Gasteiger partial charge in [-0.3, -0.25) is 9.69 Å². The monoisotopic (exact) mass is 1070 g/mol. The van der Waals surface area contributed by atoms with Crippen LogP contribution in [0.25, 0.3) is 16.6 Å². The minimum absolute atomic E-state index is 0.0168. The van der Waals surface area contributed by atoms with Gasteiger partial charge in [0.1, 0.15) is 22.0 Å². The first-order valence-corrected chi connectivity index (χ1v) is 29.5. The number of aromatic amines is 1. The highest BCUT2D eigenvalue weighted by atomic mass is 35.5. The number of hydrogen-bond donors (Lipinski definition) is 3. The Morgan fingerprint density at radius 1 is 0.944 bits per heavy atom. The molecule has 0 spiro atoms. The van der Waals surface area contributed by atoms with Crippen LogP contribution in [0.15, 0.2) is 105 Å². The quantitative estimate of drug-likeness (QED) is 0.0962. The first-order valence-electron chi connectivity index (χ1n) is 24.3. The summed E-state index contributed by atoms with van der Waals surface area (Å²) in [6.07, 6.45) is 10.5. The second kappa shape index (κ2) is 20.6. The molecule has 2 aliphatic heterocycles. The maximum atomic E-state index is 14.2. The van der Waals surface area contributed by atoms with Gasteiger partial charge >= 0.3 is 5.51 Å². The Hall–Kier alpha value is -5.15. The van der Waals surface area contributed by atoms with Crippen LogP contribution < -0.4 is 19.7 Å². The van der Waals surface area contributed by atoms with Gasteiger partial charge in [-0.2, -0.15) is 13.2 Å². The molecule has 0 unspecified atom stereocenters. The van der Waals surface area contributed by atoms with Crippen LogP contribution in [0.3, 0.4) is 0 Å². The highest BCUT2D eigenvalue weighted by molar-refractivity contribution is 7.93. The van der Waals surface area contributed by atoms with Crippen LogP contribution in [0.1, 0.15) is 87.6 Å². The van der Waals surface area contributed by atoms with Gasteiger partial charge in [0.15, 0.2) is 0 Å². The van der Waals surface area contributed by atoms with Crippen molar-refractivity contribution in [2.45, 2.75) is 93.0 Å². The van der Waals surface area contributed by atoms with Crippen LogP contribution in [-0.4, -0.2) is 104 Å². The molecule has 5 aromatic rings. The smallest absolute Gasteiger partial charge is 0.455 e. The van der Waals surface area contributed by atoms with E-state index in [-0.39, 0.29) is 41.0 Å². The molecule has 3 N–H and O–H groups in total. The second-order valence-electron chi connectivity index (χ2n) is 20.2. The minimum atomic E-state index is -6.08. The average molecular weight is 1070 g/mol. The highest BCUT2D eigenvalue weighted by Gasteiger charge is 2.48. The minimum Gasteiger partial charge on any atom is -0.455 e. The van der Waals surface area contributed by atoms with Crippen molar-refractivity contribution in [3.05, 3.63) is 107 Å². The molecule has 9 rings (SSSR count). The third kappa shape index (κ3) is 11.8. The number of nitrogens with one attached hydrogen (secondary N) is 3. The number of nitrogens with zero attached hydrogens (tertiary/aromatic N) is 4. The third-order valence-electron chi connectivity index (χ3n) is 14.3. The van der Waals surface area contributed by atoms with Crippen molar-refractivity contribution in [2.75, 3.05) is 61.0 Å². The number of amides is 1. The molecular weight excluding hydrogens is 1010 g/mol. The predicted octanol–water partition coefficient (Wildman–Crippen LogP) is 10.4. The number of benzene rings is 3. The molecule has 4 heterocycles. The number of halogens is 4. The van der Waals surface area contributed by atoms with E-state index in [1.54, 1.807) is 30.5 Å².